The van der Waals surface area contributed by atoms with Crippen molar-refractivity contribution in [3.05, 3.63) is 24.5 Å². The third-order valence-electron chi connectivity index (χ3n) is 2.21. The first kappa shape index (κ1) is 12.0. The van der Waals surface area contributed by atoms with Gasteiger partial charge in [0.2, 0.25) is 0 Å². The molecule has 3 nitrogen and oxygen atoms in total. The molecule has 1 aromatic heterocycles. The average molecular weight is 209 g/mol. The van der Waals surface area contributed by atoms with Crippen molar-refractivity contribution in [3.8, 4) is 5.75 Å². The van der Waals surface area contributed by atoms with Crippen LogP contribution in [0.1, 0.15) is 32.1 Å². The number of ether oxygens (including phenoxy) is 1. The molecule has 0 amide bonds. The van der Waals surface area contributed by atoms with Gasteiger partial charge < -0.3 is 9.84 Å². The molecule has 1 heterocycles. The fraction of sp³-hybridized carbons (Fsp3) is 0.583. The van der Waals surface area contributed by atoms with Gasteiger partial charge in [0.1, 0.15) is 5.75 Å². The normalized spacial score (nSPS) is 10.2. The SMILES string of the molecule is OCCCCCCCOc1cccnc1. The van der Waals surface area contributed by atoms with E-state index in [9.17, 15) is 0 Å². The van der Waals surface area contributed by atoms with E-state index < -0.39 is 0 Å². The highest BCUT2D eigenvalue weighted by molar-refractivity contribution is 5.15. The third kappa shape index (κ3) is 6.07. The van der Waals surface area contributed by atoms with E-state index in [1.165, 1.54) is 12.8 Å². The van der Waals surface area contributed by atoms with Gasteiger partial charge >= 0.3 is 0 Å². The molecule has 0 radical (unpaired) electrons. The number of hydrogen-bond acceptors (Lipinski definition) is 3. The Morgan fingerprint density at radius 1 is 1.13 bits per heavy atom. The summed E-state index contributed by atoms with van der Waals surface area (Å²) in [4.78, 5) is 3.97. The molecule has 0 fully saturated rings. The quantitative estimate of drug-likeness (QED) is 0.668. The number of hydrogen-bond donors (Lipinski definition) is 1. The van der Waals surface area contributed by atoms with Crippen LogP contribution in [0.15, 0.2) is 24.5 Å². The van der Waals surface area contributed by atoms with Crippen molar-refractivity contribution >= 4 is 0 Å². The Labute approximate surface area is 91.1 Å². The van der Waals surface area contributed by atoms with Gasteiger partial charge in [-0.2, -0.15) is 0 Å². The minimum atomic E-state index is 0.312. The van der Waals surface area contributed by atoms with E-state index in [1.807, 2.05) is 12.1 Å². The Morgan fingerprint density at radius 3 is 2.67 bits per heavy atom. The van der Waals surface area contributed by atoms with Crippen molar-refractivity contribution in [2.45, 2.75) is 32.1 Å². The molecule has 3 heteroatoms. The summed E-state index contributed by atoms with van der Waals surface area (Å²) >= 11 is 0. The summed E-state index contributed by atoms with van der Waals surface area (Å²) in [5, 5.41) is 8.59. The van der Waals surface area contributed by atoms with Crippen LogP contribution in [0.2, 0.25) is 0 Å². The zero-order valence-electron chi connectivity index (χ0n) is 9.06. The number of unbranched alkanes of at least 4 members (excludes halogenated alkanes) is 4. The molecule has 0 aromatic carbocycles. The highest BCUT2D eigenvalue weighted by Gasteiger charge is 1.93. The van der Waals surface area contributed by atoms with Crippen LogP contribution in [0.4, 0.5) is 0 Å². The van der Waals surface area contributed by atoms with Gasteiger partial charge in [0.15, 0.2) is 0 Å². The van der Waals surface area contributed by atoms with Crippen molar-refractivity contribution in [3.63, 3.8) is 0 Å². The highest BCUT2D eigenvalue weighted by atomic mass is 16.5. The predicted octanol–water partition coefficient (Wildman–Crippen LogP) is 2.40. The Morgan fingerprint density at radius 2 is 1.93 bits per heavy atom. The maximum absolute atomic E-state index is 8.59. The average Bonchev–Trinajstić information content (AvgIpc) is 2.29. The minimum Gasteiger partial charge on any atom is -0.492 e. The summed E-state index contributed by atoms with van der Waals surface area (Å²) in [7, 11) is 0. The number of aromatic nitrogens is 1. The van der Waals surface area contributed by atoms with Gasteiger partial charge in [-0.15, -0.1) is 0 Å². The summed E-state index contributed by atoms with van der Waals surface area (Å²) in [6, 6.07) is 3.79. The van der Waals surface area contributed by atoms with E-state index in [2.05, 4.69) is 4.98 Å². The lowest BCUT2D eigenvalue weighted by atomic mass is 10.1. The molecule has 0 saturated carbocycles. The molecular weight excluding hydrogens is 190 g/mol. The number of aliphatic hydroxyl groups is 1. The van der Waals surface area contributed by atoms with Crippen LogP contribution in [-0.2, 0) is 0 Å². The summed E-state index contributed by atoms with van der Waals surface area (Å²) in [5.74, 6) is 0.841. The molecule has 1 N–H and O–H groups in total. The van der Waals surface area contributed by atoms with Crippen LogP contribution < -0.4 is 4.74 Å². The maximum Gasteiger partial charge on any atom is 0.137 e. The zero-order chi connectivity index (χ0) is 10.8. The Balaban J connectivity index is 1.93. The largest absolute Gasteiger partial charge is 0.492 e. The van der Waals surface area contributed by atoms with Gasteiger partial charge in [0.25, 0.3) is 0 Å². The van der Waals surface area contributed by atoms with Crippen LogP contribution in [0, 0.1) is 0 Å². The van der Waals surface area contributed by atoms with Crippen molar-refractivity contribution in [1.29, 1.82) is 0 Å². The Hall–Kier alpha value is -1.09. The predicted molar refractivity (Wildman–Crippen MR) is 59.9 cm³/mol. The van der Waals surface area contributed by atoms with E-state index in [4.69, 9.17) is 9.84 Å². The lowest BCUT2D eigenvalue weighted by Crippen LogP contribution is -1.97. The van der Waals surface area contributed by atoms with Crippen LogP contribution in [0.3, 0.4) is 0 Å². The van der Waals surface area contributed by atoms with Crippen LogP contribution in [0.25, 0.3) is 0 Å². The summed E-state index contributed by atoms with van der Waals surface area (Å²) in [6.45, 7) is 1.07. The summed E-state index contributed by atoms with van der Waals surface area (Å²) < 4.78 is 5.50. The van der Waals surface area contributed by atoms with E-state index in [0.717, 1.165) is 31.6 Å². The second-order valence-corrected chi connectivity index (χ2v) is 3.53. The van der Waals surface area contributed by atoms with Crippen LogP contribution >= 0.6 is 0 Å². The van der Waals surface area contributed by atoms with Gasteiger partial charge in [-0.1, -0.05) is 19.3 Å². The van der Waals surface area contributed by atoms with Gasteiger partial charge in [-0.05, 0) is 25.0 Å². The fourth-order valence-electron chi connectivity index (χ4n) is 1.37. The lowest BCUT2D eigenvalue weighted by molar-refractivity contribution is 0.278. The van der Waals surface area contributed by atoms with Crippen LogP contribution in [0.5, 0.6) is 5.75 Å². The van der Waals surface area contributed by atoms with Crippen LogP contribution in [-0.4, -0.2) is 23.3 Å². The molecule has 0 unspecified atom stereocenters. The standard InChI is InChI=1S/C12H19NO2/c14-9-4-2-1-3-5-10-15-12-7-6-8-13-11-12/h6-8,11,14H,1-5,9-10H2. The molecule has 0 bridgehead atoms. The minimum absolute atomic E-state index is 0.312. The Kier molecular flexibility index (Phi) is 6.58. The molecule has 0 atom stereocenters. The van der Waals surface area contributed by atoms with E-state index in [1.54, 1.807) is 12.4 Å². The van der Waals surface area contributed by atoms with Gasteiger partial charge in [-0.3, -0.25) is 4.98 Å². The zero-order valence-corrected chi connectivity index (χ0v) is 9.06. The second-order valence-electron chi connectivity index (χ2n) is 3.53. The smallest absolute Gasteiger partial charge is 0.137 e. The molecular formula is C12H19NO2. The molecule has 0 aliphatic rings. The second kappa shape index (κ2) is 8.24. The number of pyridine rings is 1. The van der Waals surface area contributed by atoms with Crippen molar-refractivity contribution in [2.75, 3.05) is 13.2 Å². The van der Waals surface area contributed by atoms with Crippen molar-refractivity contribution in [1.82, 2.24) is 4.98 Å². The van der Waals surface area contributed by atoms with Crippen molar-refractivity contribution < 1.29 is 9.84 Å². The monoisotopic (exact) mass is 209 g/mol. The number of aliphatic hydroxyl groups excluding tert-OH is 1. The molecule has 0 aliphatic carbocycles. The fourth-order valence-corrected chi connectivity index (χ4v) is 1.37. The number of rotatable bonds is 8. The van der Waals surface area contributed by atoms with E-state index >= 15 is 0 Å². The molecule has 0 spiro atoms. The third-order valence-corrected chi connectivity index (χ3v) is 2.21. The topological polar surface area (TPSA) is 42.4 Å². The molecule has 1 aromatic rings. The molecule has 0 saturated heterocycles. The molecule has 0 aliphatic heterocycles. The molecule has 15 heavy (non-hydrogen) atoms. The molecule has 84 valence electrons. The molecule has 1 rings (SSSR count). The summed E-state index contributed by atoms with van der Waals surface area (Å²) in [5.41, 5.74) is 0. The maximum atomic E-state index is 8.59. The lowest BCUT2D eigenvalue weighted by Gasteiger charge is -2.04. The van der Waals surface area contributed by atoms with Gasteiger partial charge in [-0.25, -0.2) is 0 Å². The van der Waals surface area contributed by atoms with E-state index in [-0.39, 0.29) is 0 Å². The van der Waals surface area contributed by atoms with Gasteiger partial charge in [0, 0.05) is 12.8 Å². The number of nitrogens with zero attached hydrogens (tertiary/aromatic N) is 1. The van der Waals surface area contributed by atoms with E-state index in [0.29, 0.717) is 6.61 Å². The highest BCUT2D eigenvalue weighted by Crippen LogP contribution is 2.08. The van der Waals surface area contributed by atoms with Crippen molar-refractivity contribution in [2.24, 2.45) is 0 Å². The first-order valence-corrected chi connectivity index (χ1v) is 5.57. The van der Waals surface area contributed by atoms with Gasteiger partial charge in [0.05, 0.1) is 12.8 Å². The first-order chi connectivity index (χ1) is 7.43. The first-order valence-electron chi connectivity index (χ1n) is 5.57. The summed E-state index contributed by atoms with van der Waals surface area (Å²) in [6.07, 6.45) is 8.91. The Bertz CT molecular complexity index is 239.